The molecule has 0 aromatic heterocycles. The van der Waals surface area contributed by atoms with Crippen molar-refractivity contribution in [1.29, 1.82) is 0 Å². The first-order valence-electron chi connectivity index (χ1n) is 4.76. The number of hydrogen-bond donors (Lipinski definition) is 0. The molecular weight excluding hydrogens is 214 g/mol. The highest BCUT2D eigenvalue weighted by Crippen LogP contribution is 2.26. The van der Waals surface area contributed by atoms with Crippen LogP contribution in [0.5, 0.6) is 0 Å². The molecule has 1 unspecified atom stereocenters. The van der Waals surface area contributed by atoms with Crippen LogP contribution in [-0.2, 0) is 0 Å². The molecule has 0 aliphatic heterocycles. The predicted octanol–water partition coefficient (Wildman–Crippen LogP) is 1.94. The highest BCUT2D eigenvalue weighted by atomic mass is 35.5. The summed E-state index contributed by atoms with van der Waals surface area (Å²) in [5.41, 5.74) is 0.641. The Labute approximate surface area is 94.5 Å². The third-order valence-corrected chi connectivity index (χ3v) is 2.99. The van der Waals surface area contributed by atoms with E-state index in [4.69, 9.17) is 11.6 Å². The normalized spacial score (nSPS) is 14.9. The first-order valence-corrected chi connectivity index (χ1v) is 5.30. The summed E-state index contributed by atoms with van der Waals surface area (Å²) >= 11 is 5.80. The molecule has 1 rings (SSSR count). The van der Waals surface area contributed by atoms with E-state index in [9.17, 15) is 9.90 Å². The summed E-state index contributed by atoms with van der Waals surface area (Å²) in [4.78, 5) is 11.3. The monoisotopic (exact) mass is 227 g/mol. The van der Waals surface area contributed by atoms with Crippen LogP contribution in [0.15, 0.2) is 30.3 Å². The molecule has 0 aliphatic carbocycles. The maximum Gasteiger partial charge on any atom is 0.263 e. The van der Waals surface area contributed by atoms with E-state index in [0.717, 1.165) is 0 Å². The van der Waals surface area contributed by atoms with Crippen molar-refractivity contribution in [3.05, 3.63) is 30.3 Å². The standard InChI is InChI=1S/C11H14ClNO2/c1-9(2)13(8-12,11(14)15)10-6-4-3-5-7-10/h3-7,9H,8H2,1-2H3. The van der Waals surface area contributed by atoms with Crippen LogP contribution in [-0.4, -0.2) is 18.1 Å². The minimum atomic E-state index is -1.17. The van der Waals surface area contributed by atoms with Gasteiger partial charge in [-0.25, -0.2) is 4.48 Å². The molecule has 4 heteroatoms. The van der Waals surface area contributed by atoms with Gasteiger partial charge in [-0.15, -0.1) is 0 Å². The van der Waals surface area contributed by atoms with Gasteiger partial charge in [0.2, 0.25) is 0 Å². The number of benzene rings is 1. The lowest BCUT2D eigenvalue weighted by atomic mass is 10.2. The minimum absolute atomic E-state index is 0.0377. The van der Waals surface area contributed by atoms with Crippen LogP contribution in [0.4, 0.5) is 10.5 Å². The molecule has 82 valence electrons. The third kappa shape index (κ3) is 1.98. The number of halogens is 1. The maximum absolute atomic E-state index is 11.3. The number of para-hydroxylation sites is 1. The van der Waals surface area contributed by atoms with Crippen molar-refractivity contribution in [2.24, 2.45) is 0 Å². The number of quaternary nitrogens is 1. The first-order chi connectivity index (χ1) is 7.05. The summed E-state index contributed by atoms with van der Waals surface area (Å²) in [6.45, 7) is 3.62. The molecule has 0 fully saturated rings. The van der Waals surface area contributed by atoms with Crippen LogP contribution in [0, 0.1) is 0 Å². The number of alkyl halides is 1. The van der Waals surface area contributed by atoms with Crippen molar-refractivity contribution in [1.82, 2.24) is 4.48 Å². The Morgan fingerprint density at radius 2 is 1.93 bits per heavy atom. The van der Waals surface area contributed by atoms with E-state index in [2.05, 4.69) is 0 Å². The molecule has 0 heterocycles. The summed E-state index contributed by atoms with van der Waals surface area (Å²) in [5, 5.41) is 11.3. The first kappa shape index (κ1) is 12.0. The molecule has 1 aromatic carbocycles. The van der Waals surface area contributed by atoms with Gasteiger partial charge in [-0.3, -0.25) is 0 Å². The van der Waals surface area contributed by atoms with Crippen molar-refractivity contribution in [2.45, 2.75) is 19.9 Å². The van der Waals surface area contributed by atoms with E-state index in [1.807, 2.05) is 19.9 Å². The third-order valence-electron chi connectivity index (χ3n) is 2.61. The van der Waals surface area contributed by atoms with Gasteiger partial charge >= 0.3 is 0 Å². The molecule has 15 heavy (non-hydrogen) atoms. The molecule has 1 aromatic rings. The Morgan fingerprint density at radius 1 is 1.40 bits per heavy atom. The second kappa shape index (κ2) is 4.64. The van der Waals surface area contributed by atoms with Crippen molar-refractivity contribution < 1.29 is 9.90 Å². The van der Waals surface area contributed by atoms with Gasteiger partial charge in [0.05, 0.1) is 6.04 Å². The smallest absolute Gasteiger partial charge is 0.263 e. The van der Waals surface area contributed by atoms with E-state index in [-0.39, 0.29) is 16.5 Å². The Kier molecular flexibility index (Phi) is 3.72. The van der Waals surface area contributed by atoms with Gasteiger partial charge < -0.3 is 9.90 Å². The molecule has 3 nitrogen and oxygen atoms in total. The molecule has 0 saturated heterocycles. The fourth-order valence-electron chi connectivity index (χ4n) is 1.56. The Morgan fingerprint density at radius 3 is 2.27 bits per heavy atom. The molecule has 0 radical (unpaired) electrons. The van der Waals surface area contributed by atoms with Gasteiger partial charge in [-0.05, 0) is 26.0 Å². The van der Waals surface area contributed by atoms with Crippen LogP contribution >= 0.6 is 11.6 Å². The lowest BCUT2D eigenvalue weighted by molar-refractivity contribution is -0.265. The van der Waals surface area contributed by atoms with Crippen molar-refractivity contribution in [3.8, 4) is 0 Å². The van der Waals surface area contributed by atoms with Crippen LogP contribution in [0.3, 0.4) is 0 Å². The number of hydrogen-bond acceptors (Lipinski definition) is 2. The van der Waals surface area contributed by atoms with Crippen molar-refractivity contribution in [2.75, 3.05) is 6.00 Å². The number of carboxylic acid groups (broad SMARTS) is 1. The molecule has 0 saturated carbocycles. The second-order valence-corrected chi connectivity index (χ2v) is 3.92. The van der Waals surface area contributed by atoms with E-state index in [1.165, 1.54) is 0 Å². The highest BCUT2D eigenvalue weighted by molar-refractivity contribution is 6.19. The zero-order chi connectivity index (χ0) is 11.5. The zero-order valence-corrected chi connectivity index (χ0v) is 9.57. The predicted molar refractivity (Wildman–Crippen MR) is 59.5 cm³/mol. The van der Waals surface area contributed by atoms with Gasteiger partial charge in [-0.2, -0.15) is 0 Å². The van der Waals surface area contributed by atoms with Gasteiger partial charge in [0, 0.05) is 0 Å². The Hall–Kier alpha value is -1.06. The highest BCUT2D eigenvalue weighted by Gasteiger charge is 2.35. The lowest BCUT2D eigenvalue weighted by Crippen LogP contribution is -2.63. The van der Waals surface area contributed by atoms with E-state index >= 15 is 0 Å². The summed E-state index contributed by atoms with van der Waals surface area (Å²) in [6, 6.07) is 8.71. The lowest BCUT2D eigenvalue weighted by Gasteiger charge is -2.38. The van der Waals surface area contributed by atoms with Crippen molar-refractivity contribution >= 4 is 23.4 Å². The Bertz CT molecular complexity index is 340. The molecule has 1 amide bonds. The summed E-state index contributed by atoms with van der Waals surface area (Å²) in [6.07, 6.45) is -1.17. The fourth-order valence-corrected chi connectivity index (χ4v) is 2.08. The van der Waals surface area contributed by atoms with E-state index < -0.39 is 6.09 Å². The molecular formula is C11H14ClNO2. The number of carbonyl (C=O) groups excluding carboxylic acids is 1. The Balaban J connectivity index is 3.28. The average Bonchev–Trinajstić information content (AvgIpc) is 2.20. The molecule has 1 atom stereocenters. The number of rotatable bonds is 3. The summed E-state index contributed by atoms with van der Waals surface area (Å²) in [5.74, 6) is 0. The SMILES string of the molecule is CC(C)[N+](CCl)(C(=O)[O-])c1ccccc1. The minimum Gasteiger partial charge on any atom is -0.498 e. The van der Waals surface area contributed by atoms with Crippen LogP contribution in [0.1, 0.15) is 13.8 Å². The molecule has 0 aliphatic rings. The zero-order valence-electron chi connectivity index (χ0n) is 8.81. The quantitative estimate of drug-likeness (QED) is 0.450. The average molecular weight is 228 g/mol. The van der Waals surface area contributed by atoms with Gasteiger partial charge in [0.25, 0.3) is 6.09 Å². The number of nitrogens with zero attached hydrogens (tertiary/aromatic N) is 1. The molecule has 0 N–H and O–H groups in total. The van der Waals surface area contributed by atoms with Crippen LogP contribution in [0.25, 0.3) is 0 Å². The number of carbonyl (C=O) groups is 1. The molecule has 0 spiro atoms. The van der Waals surface area contributed by atoms with E-state index in [0.29, 0.717) is 5.69 Å². The van der Waals surface area contributed by atoms with Crippen LogP contribution in [0.2, 0.25) is 0 Å². The topological polar surface area (TPSA) is 40.1 Å². The second-order valence-electron chi connectivity index (χ2n) is 3.68. The summed E-state index contributed by atoms with van der Waals surface area (Å²) in [7, 11) is 0. The van der Waals surface area contributed by atoms with Gasteiger partial charge in [0.15, 0.2) is 6.00 Å². The molecule has 0 bridgehead atoms. The largest absolute Gasteiger partial charge is 0.498 e. The number of amides is 1. The van der Waals surface area contributed by atoms with Crippen molar-refractivity contribution in [3.63, 3.8) is 0 Å². The summed E-state index contributed by atoms with van der Waals surface area (Å²) < 4.78 is -0.359. The van der Waals surface area contributed by atoms with Crippen LogP contribution < -0.4 is 9.59 Å². The van der Waals surface area contributed by atoms with Gasteiger partial charge in [-0.1, -0.05) is 29.8 Å². The fraction of sp³-hybridized carbons (Fsp3) is 0.364. The van der Waals surface area contributed by atoms with E-state index in [1.54, 1.807) is 24.3 Å². The maximum atomic E-state index is 11.3. The van der Waals surface area contributed by atoms with Gasteiger partial charge in [0.1, 0.15) is 5.69 Å².